The quantitative estimate of drug-likeness (QED) is 0.508. The van der Waals surface area contributed by atoms with Gasteiger partial charge >= 0.3 is 0 Å². The molecule has 0 saturated carbocycles. The van der Waals surface area contributed by atoms with E-state index in [1.807, 2.05) is 41.2 Å². The molecule has 10 nitrogen and oxygen atoms in total. The molecule has 0 unspecified atom stereocenters. The van der Waals surface area contributed by atoms with Crippen LogP contribution in [-0.4, -0.2) is 73.8 Å². The maximum absolute atomic E-state index is 12.8. The lowest BCUT2D eigenvalue weighted by molar-refractivity contribution is -0.147. The molecule has 0 spiro atoms. The molecule has 180 valence electrons. The summed E-state index contributed by atoms with van der Waals surface area (Å²) in [5, 5.41) is 18.3. The van der Waals surface area contributed by atoms with Crippen molar-refractivity contribution in [3.63, 3.8) is 0 Å². The molecular formula is C25H27N7O3. The van der Waals surface area contributed by atoms with E-state index in [9.17, 15) is 14.9 Å². The Labute approximate surface area is 203 Å². The number of carbonyl (C=O) groups is 2. The zero-order valence-corrected chi connectivity index (χ0v) is 19.6. The fourth-order valence-corrected chi connectivity index (χ4v) is 4.83. The standard InChI is InChI=1S/C25H27N7O3/c1-3-23(33)30-13-20(14-30)25(34)29-7-5-21(6-8-29)31-16-19(12-27-31)17-9-22(35-4-2)24-18(10-26)11-28-32(24)15-17/h3,9,11-12,15-16,20-21H,1,4-8,13-14H2,2H3. The lowest BCUT2D eigenvalue weighted by atomic mass is 9.96. The van der Waals surface area contributed by atoms with Crippen molar-refractivity contribution in [2.45, 2.75) is 25.8 Å². The number of pyridine rings is 1. The molecular weight excluding hydrogens is 446 g/mol. The molecule has 0 aromatic carbocycles. The maximum atomic E-state index is 12.8. The maximum Gasteiger partial charge on any atom is 0.246 e. The van der Waals surface area contributed by atoms with E-state index in [1.165, 1.54) is 6.08 Å². The third-order valence-corrected chi connectivity index (χ3v) is 6.80. The minimum absolute atomic E-state index is 0.106. The van der Waals surface area contributed by atoms with Crippen LogP contribution in [0.3, 0.4) is 0 Å². The Bertz CT molecular complexity index is 1320. The molecule has 0 aliphatic carbocycles. The number of nitrogens with zero attached hydrogens (tertiary/aromatic N) is 7. The number of amides is 2. The summed E-state index contributed by atoms with van der Waals surface area (Å²) in [5.74, 6) is 0.520. The van der Waals surface area contributed by atoms with Gasteiger partial charge in [-0.15, -0.1) is 0 Å². The number of ether oxygens (including phenoxy) is 1. The average Bonchev–Trinajstić information content (AvgIpc) is 3.50. The molecule has 35 heavy (non-hydrogen) atoms. The summed E-state index contributed by atoms with van der Waals surface area (Å²) in [6, 6.07) is 4.29. The van der Waals surface area contributed by atoms with Gasteiger partial charge in [-0.25, -0.2) is 4.52 Å². The molecule has 2 aliphatic rings. The van der Waals surface area contributed by atoms with Gasteiger partial charge in [0.1, 0.15) is 22.9 Å². The van der Waals surface area contributed by atoms with Gasteiger partial charge in [0, 0.05) is 49.7 Å². The molecule has 0 bridgehead atoms. The minimum Gasteiger partial charge on any atom is -0.492 e. The Morgan fingerprint density at radius 2 is 1.94 bits per heavy atom. The molecule has 2 amide bonds. The first kappa shape index (κ1) is 22.7. The lowest BCUT2D eigenvalue weighted by Crippen LogP contribution is -2.57. The summed E-state index contributed by atoms with van der Waals surface area (Å²) in [6.07, 6.45) is 10.2. The normalized spacial score (nSPS) is 16.7. The molecule has 2 aliphatic heterocycles. The van der Waals surface area contributed by atoms with Crippen LogP contribution in [0.1, 0.15) is 31.4 Å². The molecule has 0 N–H and O–H groups in total. The largest absolute Gasteiger partial charge is 0.492 e. The monoisotopic (exact) mass is 473 g/mol. The van der Waals surface area contributed by atoms with E-state index in [4.69, 9.17) is 4.74 Å². The lowest BCUT2D eigenvalue weighted by Gasteiger charge is -2.41. The van der Waals surface area contributed by atoms with Crippen LogP contribution in [0.2, 0.25) is 0 Å². The van der Waals surface area contributed by atoms with Crippen molar-refractivity contribution >= 4 is 17.3 Å². The number of nitriles is 1. The van der Waals surface area contributed by atoms with Crippen molar-refractivity contribution in [1.29, 1.82) is 5.26 Å². The number of rotatable bonds is 6. The fourth-order valence-electron chi connectivity index (χ4n) is 4.83. The zero-order valence-electron chi connectivity index (χ0n) is 19.6. The first-order valence-electron chi connectivity index (χ1n) is 11.8. The van der Waals surface area contributed by atoms with Crippen LogP contribution in [0.4, 0.5) is 0 Å². The summed E-state index contributed by atoms with van der Waals surface area (Å²) >= 11 is 0. The predicted molar refractivity (Wildman–Crippen MR) is 127 cm³/mol. The molecule has 0 radical (unpaired) electrons. The molecule has 0 atom stereocenters. The summed E-state index contributed by atoms with van der Waals surface area (Å²) in [4.78, 5) is 28.0. The first-order valence-corrected chi connectivity index (χ1v) is 11.8. The van der Waals surface area contributed by atoms with Crippen LogP contribution < -0.4 is 4.74 Å². The molecule has 5 rings (SSSR count). The van der Waals surface area contributed by atoms with Gasteiger partial charge in [0.2, 0.25) is 11.8 Å². The third-order valence-electron chi connectivity index (χ3n) is 6.80. The van der Waals surface area contributed by atoms with Crippen molar-refractivity contribution in [2.75, 3.05) is 32.8 Å². The molecule has 3 aromatic heterocycles. The SMILES string of the molecule is C=CC(=O)N1CC(C(=O)N2CCC(n3cc(-c4cc(OCC)c5c(C#N)cnn5c4)cn3)CC2)C1. The number of hydrogen-bond donors (Lipinski definition) is 0. The molecule has 5 heterocycles. The highest BCUT2D eigenvalue weighted by atomic mass is 16.5. The van der Waals surface area contributed by atoms with E-state index in [0.717, 1.165) is 24.0 Å². The summed E-state index contributed by atoms with van der Waals surface area (Å²) in [6.45, 7) is 8.19. The Hall–Kier alpha value is -4.13. The summed E-state index contributed by atoms with van der Waals surface area (Å²) < 4.78 is 9.44. The number of likely N-dealkylation sites (tertiary alicyclic amines) is 2. The Morgan fingerprint density at radius 3 is 2.63 bits per heavy atom. The summed E-state index contributed by atoms with van der Waals surface area (Å²) in [5.41, 5.74) is 2.96. The van der Waals surface area contributed by atoms with Crippen molar-refractivity contribution in [3.05, 3.63) is 49.1 Å². The Morgan fingerprint density at radius 1 is 1.17 bits per heavy atom. The Balaban J connectivity index is 1.25. The van der Waals surface area contributed by atoms with Gasteiger partial charge in [-0.2, -0.15) is 15.5 Å². The van der Waals surface area contributed by atoms with Crippen LogP contribution in [0.15, 0.2) is 43.5 Å². The van der Waals surface area contributed by atoms with Crippen LogP contribution in [-0.2, 0) is 9.59 Å². The van der Waals surface area contributed by atoms with E-state index in [2.05, 4.69) is 22.8 Å². The second-order valence-corrected chi connectivity index (χ2v) is 8.90. The predicted octanol–water partition coefficient (Wildman–Crippen LogP) is 2.28. The van der Waals surface area contributed by atoms with Crippen molar-refractivity contribution in [1.82, 2.24) is 29.2 Å². The highest BCUT2D eigenvalue weighted by molar-refractivity contribution is 5.90. The average molecular weight is 474 g/mol. The van der Waals surface area contributed by atoms with E-state index in [1.54, 1.807) is 15.6 Å². The fraction of sp³-hybridized carbons (Fsp3) is 0.400. The van der Waals surface area contributed by atoms with Crippen molar-refractivity contribution < 1.29 is 14.3 Å². The second kappa shape index (κ2) is 9.25. The smallest absolute Gasteiger partial charge is 0.246 e. The zero-order chi connectivity index (χ0) is 24.5. The van der Waals surface area contributed by atoms with Crippen LogP contribution >= 0.6 is 0 Å². The highest BCUT2D eigenvalue weighted by Crippen LogP contribution is 2.31. The van der Waals surface area contributed by atoms with Crippen molar-refractivity contribution in [3.8, 4) is 22.9 Å². The van der Waals surface area contributed by atoms with E-state index < -0.39 is 0 Å². The van der Waals surface area contributed by atoms with E-state index >= 15 is 0 Å². The van der Waals surface area contributed by atoms with E-state index in [0.29, 0.717) is 49.6 Å². The molecule has 2 saturated heterocycles. The molecule has 10 heteroatoms. The van der Waals surface area contributed by atoms with Gasteiger partial charge in [-0.1, -0.05) is 6.58 Å². The first-order chi connectivity index (χ1) is 17.0. The Kier molecular flexibility index (Phi) is 5.99. The topological polar surface area (TPSA) is 109 Å². The van der Waals surface area contributed by atoms with Gasteiger partial charge in [0.15, 0.2) is 0 Å². The minimum atomic E-state index is -0.118. The number of carbonyl (C=O) groups excluding carboxylic acids is 2. The van der Waals surface area contributed by atoms with Gasteiger partial charge < -0.3 is 14.5 Å². The van der Waals surface area contributed by atoms with Crippen molar-refractivity contribution in [2.24, 2.45) is 5.92 Å². The van der Waals surface area contributed by atoms with Gasteiger partial charge in [0.25, 0.3) is 0 Å². The summed E-state index contributed by atoms with van der Waals surface area (Å²) in [7, 11) is 0. The van der Waals surface area contributed by atoms with E-state index in [-0.39, 0.29) is 23.8 Å². The number of aromatic nitrogens is 4. The number of fused-ring (bicyclic) bond motifs is 1. The number of piperidine rings is 1. The highest BCUT2D eigenvalue weighted by Gasteiger charge is 2.38. The third kappa shape index (κ3) is 4.14. The van der Waals surface area contributed by atoms with Gasteiger partial charge in [-0.3, -0.25) is 14.3 Å². The number of hydrogen-bond acceptors (Lipinski definition) is 6. The van der Waals surface area contributed by atoms with Crippen LogP contribution in [0.5, 0.6) is 5.75 Å². The van der Waals surface area contributed by atoms with Crippen LogP contribution in [0, 0.1) is 17.2 Å². The van der Waals surface area contributed by atoms with Crippen LogP contribution in [0.25, 0.3) is 16.6 Å². The molecule has 3 aromatic rings. The van der Waals surface area contributed by atoms with Gasteiger partial charge in [-0.05, 0) is 31.9 Å². The van der Waals surface area contributed by atoms with Gasteiger partial charge in [0.05, 0.1) is 31.0 Å². The molecule has 2 fully saturated rings. The second-order valence-electron chi connectivity index (χ2n) is 8.90.